The highest BCUT2D eigenvalue weighted by Gasteiger charge is 2.22. The summed E-state index contributed by atoms with van der Waals surface area (Å²) in [4.78, 5) is 12.0. The second-order valence-corrected chi connectivity index (χ2v) is 5.11. The number of rotatable bonds is 2. The van der Waals surface area contributed by atoms with Crippen molar-refractivity contribution in [2.75, 3.05) is 0 Å². The number of esters is 1. The molecule has 1 atom stereocenters. The summed E-state index contributed by atoms with van der Waals surface area (Å²) in [7, 11) is 0. The molecule has 94 valence electrons. The lowest BCUT2D eigenvalue weighted by atomic mass is 10.1. The van der Waals surface area contributed by atoms with Crippen LogP contribution in [0, 0.1) is 0 Å². The van der Waals surface area contributed by atoms with E-state index in [1.54, 1.807) is 18.4 Å². The van der Waals surface area contributed by atoms with Gasteiger partial charge >= 0.3 is 5.97 Å². The van der Waals surface area contributed by atoms with Gasteiger partial charge in [-0.05, 0) is 39.3 Å². The topological polar surface area (TPSA) is 35.5 Å². The Labute approximate surface area is 103 Å². The normalized spacial score (nSPS) is 20.6. The molecule has 1 aliphatic rings. The molecule has 0 bridgehead atoms. The molecule has 0 saturated heterocycles. The minimum Gasteiger partial charge on any atom is -0.494 e. The highest BCUT2D eigenvalue weighted by Crippen LogP contribution is 2.21. The summed E-state index contributed by atoms with van der Waals surface area (Å²) in [5.74, 6) is -0.289. The molecule has 0 spiro atoms. The SMILES string of the molecule is C=CC1=CO[C@@H](C)C=C(C(=O)OC(C)(C)C)C1. The molecular formula is C14H20O3. The van der Waals surface area contributed by atoms with Gasteiger partial charge in [0.15, 0.2) is 0 Å². The average Bonchev–Trinajstić information content (AvgIpc) is 2.37. The number of carbonyl (C=O) groups is 1. The van der Waals surface area contributed by atoms with Gasteiger partial charge in [0.25, 0.3) is 0 Å². The standard InChI is InChI=1S/C14H20O3/c1-6-11-8-12(7-10(2)16-9-11)13(15)17-14(3,4)5/h6-7,9-10H,1,8H2,2-5H3/t10-/m0/s1. The van der Waals surface area contributed by atoms with Gasteiger partial charge in [-0.1, -0.05) is 12.7 Å². The van der Waals surface area contributed by atoms with Crippen molar-refractivity contribution < 1.29 is 14.3 Å². The minimum absolute atomic E-state index is 0.130. The fourth-order valence-corrected chi connectivity index (χ4v) is 1.44. The zero-order chi connectivity index (χ0) is 13.1. The number of hydrogen-bond acceptors (Lipinski definition) is 3. The van der Waals surface area contributed by atoms with Crippen molar-refractivity contribution >= 4 is 5.97 Å². The lowest BCUT2D eigenvalue weighted by Gasteiger charge is -2.20. The molecular weight excluding hydrogens is 216 g/mol. The minimum atomic E-state index is -0.480. The number of hydrogen-bond donors (Lipinski definition) is 0. The second kappa shape index (κ2) is 5.21. The van der Waals surface area contributed by atoms with Gasteiger partial charge in [-0.25, -0.2) is 4.79 Å². The van der Waals surface area contributed by atoms with Crippen LogP contribution in [0.3, 0.4) is 0 Å². The largest absolute Gasteiger partial charge is 0.494 e. The maximum atomic E-state index is 12.0. The lowest BCUT2D eigenvalue weighted by Crippen LogP contribution is -2.25. The van der Waals surface area contributed by atoms with Crippen LogP contribution in [-0.4, -0.2) is 17.7 Å². The Kier molecular flexibility index (Phi) is 4.16. The Morgan fingerprint density at radius 3 is 2.76 bits per heavy atom. The first kappa shape index (κ1) is 13.6. The molecule has 1 rings (SSSR count). The van der Waals surface area contributed by atoms with E-state index in [0.717, 1.165) is 5.57 Å². The van der Waals surface area contributed by atoms with Crippen LogP contribution in [0.1, 0.15) is 34.1 Å². The van der Waals surface area contributed by atoms with E-state index in [9.17, 15) is 4.79 Å². The van der Waals surface area contributed by atoms with Gasteiger partial charge in [0.2, 0.25) is 0 Å². The Hall–Kier alpha value is -1.51. The van der Waals surface area contributed by atoms with Crippen molar-refractivity contribution in [1.29, 1.82) is 0 Å². The average molecular weight is 236 g/mol. The summed E-state index contributed by atoms with van der Waals surface area (Å²) in [6, 6.07) is 0. The van der Waals surface area contributed by atoms with Crippen LogP contribution in [0.15, 0.2) is 36.1 Å². The van der Waals surface area contributed by atoms with Crippen LogP contribution in [0.25, 0.3) is 0 Å². The maximum Gasteiger partial charge on any atom is 0.334 e. The summed E-state index contributed by atoms with van der Waals surface area (Å²) in [6.45, 7) is 11.1. The van der Waals surface area contributed by atoms with E-state index in [2.05, 4.69) is 6.58 Å². The van der Waals surface area contributed by atoms with Crippen molar-refractivity contribution in [3.8, 4) is 0 Å². The van der Waals surface area contributed by atoms with Crippen LogP contribution in [-0.2, 0) is 14.3 Å². The molecule has 0 amide bonds. The smallest absolute Gasteiger partial charge is 0.334 e. The maximum absolute atomic E-state index is 12.0. The number of allylic oxidation sites excluding steroid dienone is 2. The van der Waals surface area contributed by atoms with Crippen molar-refractivity contribution in [2.24, 2.45) is 0 Å². The molecule has 3 nitrogen and oxygen atoms in total. The van der Waals surface area contributed by atoms with Crippen LogP contribution in [0.4, 0.5) is 0 Å². The third-order valence-electron chi connectivity index (χ3n) is 2.19. The Balaban J connectivity index is 2.84. The number of carbonyl (C=O) groups excluding carboxylic acids is 1. The molecule has 1 heterocycles. The highest BCUT2D eigenvalue weighted by atomic mass is 16.6. The fourth-order valence-electron chi connectivity index (χ4n) is 1.44. The van der Waals surface area contributed by atoms with E-state index >= 15 is 0 Å². The van der Waals surface area contributed by atoms with Gasteiger partial charge in [-0.15, -0.1) is 0 Å². The second-order valence-electron chi connectivity index (χ2n) is 5.11. The Morgan fingerprint density at radius 1 is 1.59 bits per heavy atom. The predicted molar refractivity (Wildman–Crippen MR) is 67.4 cm³/mol. The van der Waals surface area contributed by atoms with Crippen molar-refractivity contribution in [3.63, 3.8) is 0 Å². The van der Waals surface area contributed by atoms with E-state index in [1.807, 2.05) is 27.7 Å². The molecule has 0 unspecified atom stereocenters. The van der Waals surface area contributed by atoms with Crippen molar-refractivity contribution in [1.82, 2.24) is 0 Å². The van der Waals surface area contributed by atoms with E-state index in [4.69, 9.17) is 9.47 Å². The molecule has 0 aromatic heterocycles. The first-order valence-corrected chi connectivity index (χ1v) is 5.73. The first-order chi connectivity index (χ1) is 7.81. The predicted octanol–water partition coefficient (Wildman–Crippen LogP) is 3.13. The zero-order valence-electron chi connectivity index (χ0n) is 10.9. The molecule has 0 aromatic carbocycles. The van der Waals surface area contributed by atoms with Crippen LogP contribution in [0.5, 0.6) is 0 Å². The van der Waals surface area contributed by atoms with E-state index < -0.39 is 5.60 Å². The third-order valence-corrected chi connectivity index (χ3v) is 2.19. The summed E-state index contributed by atoms with van der Waals surface area (Å²) < 4.78 is 10.7. The Morgan fingerprint density at radius 2 is 2.24 bits per heavy atom. The van der Waals surface area contributed by atoms with E-state index in [0.29, 0.717) is 12.0 Å². The molecule has 0 aromatic rings. The monoisotopic (exact) mass is 236 g/mol. The highest BCUT2D eigenvalue weighted by molar-refractivity contribution is 5.89. The summed E-state index contributed by atoms with van der Waals surface area (Å²) in [5.41, 5.74) is 1.02. The van der Waals surface area contributed by atoms with Gasteiger partial charge in [0, 0.05) is 12.0 Å². The van der Waals surface area contributed by atoms with Gasteiger partial charge in [-0.2, -0.15) is 0 Å². The zero-order valence-corrected chi connectivity index (χ0v) is 10.9. The number of ether oxygens (including phenoxy) is 2. The summed E-state index contributed by atoms with van der Waals surface area (Å²) in [6.07, 6.45) is 5.50. The van der Waals surface area contributed by atoms with E-state index in [-0.39, 0.29) is 12.1 Å². The van der Waals surface area contributed by atoms with Crippen LogP contribution in [0.2, 0.25) is 0 Å². The van der Waals surface area contributed by atoms with Crippen LogP contribution < -0.4 is 0 Å². The molecule has 0 N–H and O–H groups in total. The van der Waals surface area contributed by atoms with Gasteiger partial charge in [0.1, 0.15) is 11.7 Å². The lowest BCUT2D eigenvalue weighted by molar-refractivity contribution is -0.150. The summed E-state index contributed by atoms with van der Waals surface area (Å²) >= 11 is 0. The molecule has 3 heteroatoms. The van der Waals surface area contributed by atoms with Crippen LogP contribution >= 0.6 is 0 Å². The quantitative estimate of drug-likeness (QED) is 0.691. The van der Waals surface area contributed by atoms with Crippen molar-refractivity contribution in [3.05, 3.63) is 36.1 Å². The molecule has 0 aliphatic carbocycles. The molecule has 0 radical (unpaired) electrons. The third kappa shape index (κ3) is 4.47. The van der Waals surface area contributed by atoms with Gasteiger partial charge in [0.05, 0.1) is 6.26 Å². The van der Waals surface area contributed by atoms with Crippen molar-refractivity contribution in [2.45, 2.75) is 45.8 Å². The fraction of sp³-hybridized carbons (Fsp3) is 0.500. The molecule has 0 saturated carbocycles. The molecule has 1 aliphatic heterocycles. The van der Waals surface area contributed by atoms with E-state index in [1.165, 1.54) is 0 Å². The first-order valence-electron chi connectivity index (χ1n) is 5.73. The molecule has 0 fully saturated rings. The van der Waals surface area contributed by atoms with Gasteiger partial charge < -0.3 is 9.47 Å². The summed E-state index contributed by atoms with van der Waals surface area (Å²) in [5, 5.41) is 0. The Bertz CT molecular complexity index is 369. The molecule has 17 heavy (non-hydrogen) atoms. The van der Waals surface area contributed by atoms with Gasteiger partial charge in [-0.3, -0.25) is 0 Å².